The molecule has 1 amide bonds. The fraction of sp³-hybridized carbons (Fsp3) is 0.158. The van der Waals surface area contributed by atoms with Crippen LogP contribution < -0.4 is 10.1 Å². The molecule has 0 aliphatic heterocycles. The van der Waals surface area contributed by atoms with E-state index in [2.05, 4.69) is 26.2 Å². The number of nitrogens with one attached hydrogen (secondary N) is 1. The number of ether oxygens (including phenoxy) is 1. The summed E-state index contributed by atoms with van der Waals surface area (Å²) in [6.07, 6.45) is 6.90. The number of thiophene rings is 1. The molecule has 0 aliphatic rings. The Labute approximate surface area is 164 Å². The number of amides is 1. The van der Waals surface area contributed by atoms with Crippen molar-refractivity contribution in [3.8, 4) is 5.75 Å². The molecule has 134 valence electrons. The van der Waals surface area contributed by atoms with E-state index in [-0.39, 0.29) is 11.9 Å². The van der Waals surface area contributed by atoms with Crippen LogP contribution in [0.1, 0.15) is 22.3 Å². The summed E-state index contributed by atoms with van der Waals surface area (Å²) in [5.41, 5.74) is 0.902. The van der Waals surface area contributed by atoms with Crippen LogP contribution in [0, 0.1) is 0 Å². The number of hydrogen-bond acceptors (Lipinski definition) is 4. The highest BCUT2D eigenvalue weighted by Gasteiger charge is 2.20. The van der Waals surface area contributed by atoms with Crippen LogP contribution in [0.3, 0.4) is 0 Å². The Hall–Kier alpha value is -2.38. The lowest BCUT2D eigenvalue weighted by Gasteiger charge is -2.19. The molecule has 2 heterocycles. The van der Waals surface area contributed by atoms with Crippen LogP contribution in [0.5, 0.6) is 5.75 Å². The Morgan fingerprint density at radius 3 is 2.88 bits per heavy atom. The third-order valence-electron chi connectivity index (χ3n) is 3.82. The lowest BCUT2D eigenvalue weighted by atomic mass is 10.1. The molecule has 0 spiro atoms. The quantitative estimate of drug-likeness (QED) is 0.595. The molecule has 5 nitrogen and oxygen atoms in total. The van der Waals surface area contributed by atoms with Crippen LogP contribution in [-0.4, -0.2) is 22.6 Å². The van der Waals surface area contributed by atoms with Gasteiger partial charge in [0.05, 0.1) is 10.9 Å². The zero-order valence-corrected chi connectivity index (χ0v) is 16.8. The predicted octanol–water partition coefficient (Wildman–Crippen LogP) is 4.17. The first-order valence-electron chi connectivity index (χ1n) is 7.92. The maximum atomic E-state index is 12.5. The van der Waals surface area contributed by atoms with Crippen LogP contribution in [0.2, 0.25) is 0 Å². The summed E-state index contributed by atoms with van der Waals surface area (Å²) in [6, 6.07) is 11.1. The van der Waals surface area contributed by atoms with E-state index in [1.165, 1.54) is 6.08 Å². The number of hydrogen-bond donors (Lipinski definition) is 1. The van der Waals surface area contributed by atoms with Gasteiger partial charge in [-0.3, -0.25) is 4.79 Å². The number of carbonyl (C=O) groups excluding carboxylic acids is 1. The number of halogens is 1. The molecule has 1 aromatic carbocycles. The normalized spacial score (nSPS) is 12.3. The summed E-state index contributed by atoms with van der Waals surface area (Å²) in [5.74, 6) is 1.29. The van der Waals surface area contributed by atoms with E-state index in [4.69, 9.17) is 4.74 Å². The van der Waals surface area contributed by atoms with Gasteiger partial charge in [-0.2, -0.15) is 0 Å². The van der Waals surface area contributed by atoms with Crippen molar-refractivity contribution in [2.24, 2.45) is 7.05 Å². The molecular weight excluding hydrogens is 414 g/mol. The van der Waals surface area contributed by atoms with Gasteiger partial charge < -0.3 is 14.6 Å². The zero-order chi connectivity index (χ0) is 18.5. The fourth-order valence-electron chi connectivity index (χ4n) is 2.54. The van der Waals surface area contributed by atoms with Crippen LogP contribution >= 0.6 is 27.3 Å². The van der Waals surface area contributed by atoms with Gasteiger partial charge in [-0.05, 0) is 51.8 Å². The summed E-state index contributed by atoms with van der Waals surface area (Å²) in [6.45, 7) is 0. The van der Waals surface area contributed by atoms with Crippen molar-refractivity contribution < 1.29 is 9.53 Å². The zero-order valence-electron chi connectivity index (χ0n) is 14.3. The van der Waals surface area contributed by atoms with Crippen molar-refractivity contribution >= 4 is 39.2 Å². The highest BCUT2D eigenvalue weighted by atomic mass is 79.9. The Bertz CT molecular complexity index is 932. The molecule has 1 atom stereocenters. The standard InChI is InChI=1S/C19H18BrN3O2S/c1-23-11-10-21-19(23)18(13-4-3-5-14(12-13)25-2)22-17(24)9-7-15-6-8-16(20)26-15/h3-12,18H,1-2H3,(H,22,24)/b9-7+. The van der Waals surface area contributed by atoms with Crippen LogP contribution in [0.15, 0.2) is 58.7 Å². The molecule has 0 radical (unpaired) electrons. The Morgan fingerprint density at radius 2 is 2.23 bits per heavy atom. The maximum Gasteiger partial charge on any atom is 0.244 e. The first kappa shape index (κ1) is 18.4. The minimum atomic E-state index is -0.377. The Morgan fingerprint density at radius 1 is 1.38 bits per heavy atom. The Kier molecular flexibility index (Phi) is 5.90. The van der Waals surface area contributed by atoms with E-state index < -0.39 is 0 Å². The number of imidazole rings is 1. The molecule has 26 heavy (non-hydrogen) atoms. The number of rotatable bonds is 6. The molecule has 3 rings (SSSR count). The first-order chi connectivity index (χ1) is 12.6. The predicted molar refractivity (Wildman–Crippen MR) is 107 cm³/mol. The monoisotopic (exact) mass is 431 g/mol. The smallest absolute Gasteiger partial charge is 0.244 e. The van der Waals surface area contributed by atoms with Gasteiger partial charge in [0.1, 0.15) is 17.6 Å². The summed E-state index contributed by atoms with van der Waals surface area (Å²) >= 11 is 4.99. The summed E-state index contributed by atoms with van der Waals surface area (Å²) < 4.78 is 8.23. The topological polar surface area (TPSA) is 56.1 Å². The first-order valence-corrected chi connectivity index (χ1v) is 9.53. The van der Waals surface area contributed by atoms with Gasteiger partial charge in [0.2, 0.25) is 5.91 Å². The number of aryl methyl sites for hydroxylation is 1. The molecule has 0 aliphatic carbocycles. The van der Waals surface area contributed by atoms with E-state index in [0.717, 1.165) is 25.8 Å². The number of methoxy groups -OCH3 is 1. The molecule has 0 fully saturated rings. The van der Waals surface area contributed by atoms with Gasteiger partial charge in [-0.25, -0.2) is 4.98 Å². The van der Waals surface area contributed by atoms with Gasteiger partial charge in [-0.1, -0.05) is 12.1 Å². The minimum Gasteiger partial charge on any atom is -0.497 e. The second kappa shape index (κ2) is 8.33. The molecule has 1 N–H and O–H groups in total. The van der Waals surface area contributed by atoms with Crippen molar-refractivity contribution in [3.05, 3.63) is 74.9 Å². The molecule has 2 aromatic heterocycles. The third kappa shape index (κ3) is 4.42. The lowest BCUT2D eigenvalue weighted by molar-refractivity contribution is -0.117. The van der Waals surface area contributed by atoms with E-state index in [9.17, 15) is 4.79 Å². The van der Waals surface area contributed by atoms with Gasteiger partial charge in [0, 0.05) is 30.4 Å². The maximum absolute atomic E-state index is 12.5. The minimum absolute atomic E-state index is 0.189. The average Bonchev–Trinajstić information content (AvgIpc) is 3.26. The van der Waals surface area contributed by atoms with Crippen molar-refractivity contribution in [2.45, 2.75) is 6.04 Å². The van der Waals surface area contributed by atoms with Crippen LogP contribution in [0.4, 0.5) is 0 Å². The summed E-state index contributed by atoms with van der Waals surface area (Å²) in [4.78, 5) is 17.9. The van der Waals surface area contributed by atoms with Gasteiger partial charge in [-0.15, -0.1) is 11.3 Å². The van der Waals surface area contributed by atoms with E-state index >= 15 is 0 Å². The van der Waals surface area contributed by atoms with Crippen molar-refractivity contribution in [1.82, 2.24) is 14.9 Å². The van der Waals surface area contributed by atoms with Crippen molar-refractivity contribution in [3.63, 3.8) is 0 Å². The molecule has 0 bridgehead atoms. The number of carbonyl (C=O) groups is 1. The van der Waals surface area contributed by atoms with E-state index in [1.54, 1.807) is 30.7 Å². The molecule has 0 saturated heterocycles. The second-order valence-corrected chi connectivity index (χ2v) is 8.08. The van der Waals surface area contributed by atoms with Gasteiger partial charge in [0.15, 0.2) is 0 Å². The molecule has 7 heteroatoms. The number of aromatic nitrogens is 2. The molecule has 3 aromatic rings. The highest BCUT2D eigenvalue weighted by molar-refractivity contribution is 9.11. The van der Waals surface area contributed by atoms with E-state index in [0.29, 0.717) is 0 Å². The van der Waals surface area contributed by atoms with Crippen molar-refractivity contribution in [1.29, 1.82) is 0 Å². The number of benzene rings is 1. The lowest BCUT2D eigenvalue weighted by Crippen LogP contribution is -2.29. The SMILES string of the molecule is COc1cccc(C(NC(=O)/C=C/c2ccc(Br)s2)c2nccn2C)c1. The van der Waals surface area contributed by atoms with E-state index in [1.807, 2.05) is 54.2 Å². The highest BCUT2D eigenvalue weighted by Crippen LogP contribution is 2.25. The fourth-order valence-corrected chi connectivity index (χ4v) is 3.87. The second-order valence-electron chi connectivity index (χ2n) is 5.59. The largest absolute Gasteiger partial charge is 0.497 e. The molecule has 0 saturated carbocycles. The third-order valence-corrected chi connectivity index (χ3v) is 5.41. The summed E-state index contributed by atoms with van der Waals surface area (Å²) in [7, 11) is 3.52. The Balaban J connectivity index is 1.85. The van der Waals surface area contributed by atoms with Gasteiger partial charge >= 0.3 is 0 Å². The summed E-state index contributed by atoms with van der Waals surface area (Å²) in [5, 5.41) is 3.03. The molecular formula is C19H18BrN3O2S. The average molecular weight is 432 g/mol. The van der Waals surface area contributed by atoms with Crippen LogP contribution in [0.25, 0.3) is 6.08 Å². The van der Waals surface area contributed by atoms with Crippen LogP contribution in [-0.2, 0) is 11.8 Å². The molecule has 1 unspecified atom stereocenters. The van der Waals surface area contributed by atoms with Crippen molar-refractivity contribution in [2.75, 3.05) is 7.11 Å². The number of nitrogens with zero attached hydrogens (tertiary/aromatic N) is 2. The van der Waals surface area contributed by atoms with Gasteiger partial charge in [0.25, 0.3) is 0 Å².